The van der Waals surface area contributed by atoms with Crippen molar-refractivity contribution in [1.82, 2.24) is 0 Å². The highest BCUT2D eigenvalue weighted by molar-refractivity contribution is 7.92. The van der Waals surface area contributed by atoms with Gasteiger partial charge in [0.1, 0.15) is 6.29 Å². The van der Waals surface area contributed by atoms with E-state index in [1.54, 1.807) is 27.7 Å². The fourth-order valence-electron chi connectivity index (χ4n) is 2.13. The number of benzene rings is 2. The van der Waals surface area contributed by atoms with E-state index in [0.29, 0.717) is 17.4 Å². The molecule has 0 aliphatic carbocycles. The molecule has 0 unspecified atom stereocenters. The molecule has 0 aliphatic heterocycles. The first-order valence-corrected chi connectivity index (χ1v) is 12.6. The van der Waals surface area contributed by atoms with Gasteiger partial charge < -0.3 is 0 Å². The molecule has 0 saturated carbocycles. The largest absolute Gasteiger partial charge is 0.298 e. The Bertz CT molecular complexity index is 1180. The number of carbonyl (C=O) groups is 1. The molecule has 0 heterocycles. The number of halogens is 2. The van der Waals surface area contributed by atoms with Crippen molar-refractivity contribution in [3.05, 3.63) is 57.6 Å². The first-order valence-electron chi connectivity index (χ1n) is 8.71. The number of nitrogens with zero attached hydrogens (tertiary/aromatic N) is 1. The molecule has 2 aromatic carbocycles. The van der Waals surface area contributed by atoms with Crippen LogP contribution in [0.2, 0.25) is 10.0 Å². The maximum atomic E-state index is 11.8. The summed E-state index contributed by atoms with van der Waals surface area (Å²) in [7, 11) is -6.75. The van der Waals surface area contributed by atoms with Crippen LogP contribution in [0.3, 0.4) is 0 Å². The summed E-state index contributed by atoms with van der Waals surface area (Å²) in [6, 6.07) is 10.2. The van der Waals surface area contributed by atoms with Crippen molar-refractivity contribution in [2.75, 3.05) is 0 Å². The molecule has 6 nitrogen and oxygen atoms in total. The highest BCUT2D eigenvalue weighted by Crippen LogP contribution is 2.26. The van der Waals surface area contributed by atoms with Crippen molar-refractivity contribution in [3.8, 4) is 6.07 Å². The quantitative estimate of drug-likeness (QED) is 0.561. The zero-order chi connectivity index (χ0) is 23.3. The fourth-order valence-corrected chi connectivity index (χ4v) is 5.34. The van der Waals surface area contributed by atoms with E-state index in [2.05, 4.69) is 0 Å². The van der Waals surface area contributed by atoms with E-state index in [1.165, 1.54) is 36.4 Å². The third kappa shape index (κ3) is 6.05. The maximum Gasteiger partial charge on any atom is 0.182 e. The van der Waals surface area contributed by atoms with Gasteiger partial charge in [0.15, 0.2) is 19.7 Å². The summed E-state index contributed by atoms with van der Waals surface area (Å²) in [5, 5.41) is 7.74. The lowest BCUT2D eigenvalue weighted by Crippen LogP contribution is -2.14. The molecule has 0 amide bonds. The van der Waals surface area contributed by atoms with Gasteiger partial charge in [0.05, 0.1) is 42.0 Å². The molecular formula is C20H21Cl2NO5S2. The van der Waals surface area contributed by atoms with Gasteiger partial charge in [0.2, 0.25) is 0 Å². The smallest absolute Gasteiger partial charge is 0.182 e. The number of aldehydes is 1. The van der Waals surface area contributed by atoms with Crippen molar-refractivity contribution >= 4 is 49.2 Å². The van der Waals surface area contributed by atoms with Gasteiger partial charge in [-0.25, -0.2) is 16.8 Å². The second-order valence-corrected chi connectivity index (χ2v) is 12.5. The number of hydrogen-bond donors (Lipinski definition) is 0. The Morgan fingerprint density at radius 2 is 1.27 bits per heavy atom. The maximum absolute atomic E-state index is 11.8. The number of sulfone groups is 2. The topological polar surface area (TPSA) is 109 Å². The van der Waals surface area contributed by atoms with Gasteiger partial charge in [0.25, 0.3) is 0 Å². The minimum absolute atomic E-state index is 0.0739. The van der Waals surface area contributed by atoms with Crippen molar-refractivity contribution in [3.63, 3.8) is 0 Å². The van der Waals surface area contributed by atoms with Crippen LogP contribution < -0.4 is 0 Å². The molecule has 0 aliphatic rings. The molecule has 30 heavy (non-hydrogen) atoms. The van der Waals surface area contributed by atoms with Crippen LogP contribution in [0.5, 0.6) is 0 Å². The molecule has 0 fully saturated rings. The van der Waals surface area contributed by atoms with Crippen LogP contribution >= 0.6 is 23.2 Å². The van der Waals surface area contributed by atoms with Crippen LogP contribution in [0.1, 0.15) is 43.6 Å². The van der Waals surface area contributed by atoms with E-state index >= 15 is 0 Å². The summed E-state index contributed by atoms with van der Waals surface area (Å²) in [6.45, 7) is 6.34. The first-order chi connectivity index (χ1) is 13.8. The van der Waals surface area contributed by atoms with E-state index in [9.17, 15) is 21.6 Å². The Kier molecular flexibility index (Phi) is 9.06. The average Bonchev–Trinajstić information content (AvgIpc) is 2.67. The minimum atomic E-state index is -3.38. The lowest BCUT2D eigenvalue weighted by molar-refractivity contribution is 0.112. The van der Waals surface area contributed by atoms with Gasteiger partial charge in [-0.1, -0.05) is 29.3 Å². The highest BCUT2D eigenvalue weighted by Gasteiger charge is 2.23. The van der Waals surface area contributed by atoms with Gasteiger partial charge in [0, 0.05) is 5.56 Å². The van der Waals surface area contributed by atoms with Crippen molar-refractivity contribution < 1.29 is 21.6 Å². The molecule has 2 rings (SSSR count). The molecule has 0 aromatic heterocycles. The second kappa shape index (κ2) is 10.4. The van der Waals surface area contributed by atoms with Crippen molar-refractivity contribution in [2.24, 2.45) is 0 Å². The third-order valence-corrected chi connectivity index (χ3v) is 9.28. The SMILES string of the molecule is CC(C)S(=O)(=O)c1ccc(C#N)cc1Cl.CC(C)S(=O)(=O)c1ccc(C=O)cc1Cl. The molecule has 0 saturated heterocycles. The van der Waals surface area contributed by atoms with Gasteiger partial charge in [-0.2, -0.15) is 5.26 Å². The van der Waals surface area contributed by atoms with E-state index < -0.39 is 30.2 Å². The Balaban J connectivity index is 0.000000300. The van der Waals surface area contributed by atoms with Crippen LogP contribution in [0.25, 0.3) is 0 Å². The standard InChI is InChI=1S/C10H10ClNO2S.C10H11ClO3S/c2*1-7(2)15(13,14)10-4-3-8(6-12)5-9(10)11/h3-5,7H,1-2H3;3-7H,1-2H3. The second-order valence-electron chi connectivity index (χ2n) is 6.75. The molecule has 0 spiro atoms. The van der Waals surface area contributed by atoms with Crippen LogP contribution in [0, 0.1) is 11.3 Å². The lowest BCUT2D eigenvalue weighted by Gasteiger charge is -2.09. The van der Waals surface area contributed by atoms with E-state index in [0.717, 1.165) is 0 Å². The summed E-state index contributed by atoms with van der Waals surface area (Å²) >= 11 is 11.6. The normalized spacial score (nSPS) is 11.6. The van der Waals surface area contributed by atoms with Crippen LogP contribution in [-0.4, -0.2) is 33.6 Å². The molecule has 0 bridgehead atoms. The monoisotopic (exact) mass is 489 g/mol. The predicted molar refractivity (Wildman–Crippen MR) is 118 cm³/mol. The minimum Gasteiger partial charge on any atom is -0.298 e. The van der Waals surface area contributed by atoms with Crippen LogP contribution in [0.15, 0.2) is 46.2 Å². The van der Waals surface area contributed by atoms with E-state index in [1.807, 2.05) is 6.07 Å². The lowest BCUT2D eigenvalue weighted by atomic mass is 10.2. The van der Waals surface area contributed by atoms with Crippen molar-refractivity contribution in [2.45, 2.75) is 48.0 Å². The average molecular weight is 490 g/mol. The van der Waals surface area contributed by atoms with Crippen molar-refractivity contribution in [1.29, 1.82) is 5.26 Å². The molecule has 0 atom stereocenters. The zero-order valence-corrected chi connectivity index (χ0v) is 19.9. The highest BCUT2D eigenvalue weighted by atomic mass is 35.5. The molecule has 0 radical (unpaired) electrons. The number of carbonyl (C=O) groups excluding carboxylic acids is 1. The summed E-state index contributed by atoms with van der Waals surface area (Å²) in [5.41, 5.74) is 0.713. The van der Waals surface area contributed by atoms with Gasteiger partial charge >= 0.3 is 0 Å². The summed E-state index contributed by atoms with van der Waals surface area (Å²) in [6.07, 6.45) is 0.623. The molecule has 10 heteroatoms. The summed E-state index contributed by atoms with van der Waals surface area (Å²) in [4.78, 5) is 10.6. The Hall–Kier alpha value is -1.92. The van der Waals surface area contributed by atoms with Gasteiger partial charge in [-0.3, -0.25) is 4.79 Å². The number of nitriles is 1. The number of rotatable bonds is 5. The van der Waals surface area contributed by atoms with E-state index in [4.69, 9.17) is 28.5 Å². The van der Waals surface area contributed by atoms with Crippen LogP contribution in [-0.2, 0) is 19.7 Å². The van der Waals surface area contributed by atoms with Gasteiger partial charge in [-0.05, 0) is 58.0 Å². The molecule has 0 N–H and O–H groups in total. The zero-order valence-electron chi connectivity index (χ0n) is 16.8. The Morgan fingerprint density at radius 3 is 1.60 bits per heavy atom. The summed E-state index contributed by atoms with van der Waals surface area (Å²) in [5.74, 6) is 0. The summed E-state index contributed by atoms with van der Waals surface area (Å²) < 4.78 is 47.1. The fraction of sp³-hybridized carbons (Fsp3) is 0.300. The molecular weight excluding hydrogens is 469 g/mol. The Morgan fingerprint density at radius 1 is 0.833 bits per heavy atom. The molecule has 2 aromatic rings. The number of hydrogen-bond acceptors (Lipinski definition) is 6. The molecule has 162 valence electrons. The Labute approximate surface area is 187 Å². The van der Waals surface area contributed by atoms with E-state index in [-0.39, 0.29) is 19.8 Å². The van der Waals surface area contributed by atoms with Crippen LogP contribution in [0.4, 0.5) is 0 Å². The van der Waals surface area contributed by atoms with Gasteiger partial charge in [-0.15, -0.1) is 0 Å². The third-order valence-electron chi connectivity index (χ3n) is 4.01. The first kappa shape index (κ1) is 26.1. The predicted octanol–water partition coefficient (Wildman–Crippen LogP) is 4.73.